The van der Waals surface area contributed by atoms with E-state index in [1.165, 1.54) is 30.0 Å². The molecule has 0 saturated carbocycles. The Balaban J connectivity index is 1.81. The second-order valence-corrected chi connectivity index (χ2v) is 7.11. The summed E-state index contributed by atoms with van der Waals surface area (Å²) in [5.41, 5.74) is -1.12. The molecule has 28 heavy (non-hydrogen) atoms. The number of rotatable bonds is 6. The smallest absolute Gasteiger partial charge is 0.282 e. The van der Waals surface area contributed by atoms with Gasteiger partial charge in [0.1, 0.15) is 5.82 Å². The van der Waals surface area contributed by atoms with Crippen molar-refractivity contribution in [1.82, 2.24) is 10.3 Å². The van der Waals surface area contributed by atoms with E-state index >= 15 is 0 Å². The fourth-order valence-corrected chi connectivity index (χ4v) is 3.15. The van der Waals surface area contributed by atoms with Crippen LogP contribution in [0, 0.1) is 5.82 Å². The number of hydrogen-bond donors (Lipinski definition) is 1. The SMILES string of the molecule is CCCCN1C(=O)C(C)(C(=O)NCc2ccc(F)c(Cl)c2)Oc2cccnc21. The summed E-state index contributed by atoms with van der Waals surface area (Å²) < 4.78 is 19.1. The molecule has 0 radical (unpaired) electrons. The Hall–Kier alpha value is -2.67. The minimum Gasteiger partial charge on any atom is -0.464 e. The number of amides is 2. The molecule has 148 valence electrons. The lowest BCUT2D eigenvalue weighted by molar-refractivity contribution is -0.148. The predicted octanol–water partition coefficient (Wildman–Crippen LogP) is 3.47. The third-order valence-corrected chi connectivity index (χ3v) is 4.87. The summed E-state index contributed by atoms with van der Waals surface area (Å²) in [6.07, 6.45) is 3.24. The summed E-state index contributed by atoms with van der Waals surface area (Å²) in [6.45, 7) is 3.99. The Labute approximate surface area is 167 Å². The van der Waals surface area contributed by atoms with Crippen LogP contribution in [0.5, 0.6) is 5.75 Å². The standard InChI is InChI=1S/C20H21ClFN3O3/c1-3-4-10-25-17-16(6-5-9-23-17)28-20(2,19(25)27)18(26)24-12-13-7-8-15(22)14(21)11-13/h5-9,11H,3-4,10,12H2,1-2H3,(H,24,26). The highest BCUT2D eigenvalue weighted by atomic mass is 35.5. The monoisotopic (exact) mass is 405 g/mol. The maximum atomic E-state index is 13.3. The van der Waals surface area contributed by atoms with Crippen molar-refractivity contribution in [2.45, 2.75) is 38.8 Å². The number of aromatic nitrogens is 1. The molecule has 3 rings (SSSR count). The van der Waals surface area contributed by atoms with E-state index in [9.17, 15) is 14.0 Å². The van der Waals surface area contributed by atoms with Crippen LogP contribution in [0.4, 0.5) is 10.2 Å². The van der Waals surface area contributed by atoms with Gasteiger partial charge in [0, 0.05) is 19.3 Å². The van der Waals surface area contributed by atoms with E-state index in [1.54, 1.807) is 18.3 Å². The number of hydrogen-bond acceptors (Lipinski definition) is 4. The zero-order valence-corrected chi connectivity index (χ0v) is 16.4. The van der Waals surface area contributed by atoms with Crippen molar-refractivity contribution >= 4 is 29.2 Å². The number of unbranched alkanes of at least 4 members (excludes halogenated alkanes) is 1. The normalized spacial score (nSPS) is 18.4. The van der Waals surface area contributed by atoms with Crippen LogP contribution in [-0.4, -0.2) is 28.9 Å². The Morgan fingerprint density at radius 1 is 1.39 bits per heavy atom. The number of carbonyl (C=O) groups excluding carboxylic acids is 2. The van der Waals surface area contributed by atoms with Gasteiger partial charge in [0.2, 0.25) is 0 Å². The summed E-state index contributed by atoms with van der Waals surface area (Å²) >= 11 is 5.77. The van der Waals surface area contributed by atoms with Gasteiger partial charge in [-0.2, -0.15) is 0 Å². The van der Waals surface area contributed by atoms with Gasteiger partial charge in [-0.25, -0.2) is 9.37 Å². The van der Waals surface area contributed by atoms with Crippen molar-refractivity contribution in [1.29, 1.82) is 0 Å². The largest absolute Gasteiger partial charge is 0.464 e. The first-order chi connectivity index (χ1) is 13.4. The van der Waals surface area contributed by atoms with Gasteiger partial charge in [-0.1, -0.05) is 31.0 Å². The van der Waals surface area contributed by atoms with Gasteiger partial charge in [0.25, 0.3) is 17.4 Å². The number of ether oxygens (including phenoxy) is 1. The molecule has 1 unspecified atom stereocenters. The third kappa shape index (κ3) is 3.80. The second-order valence-electron chi connectivity index (χ2n) is 6.70. The van der Waals surface area contributed by atoms with Crippen LogP contribution in [-0.2, 0) is 16.1 Å². The van der Waals surface area contributed by atoms with E-state index in [-0.39, 0.29) is 11.6 Å². The Kier molecular flexibility index (Phi) is 5.84. The molecule has 2 heterocycles. The molecule has 0 fully saturated rings. The van der Waals surface area contributed by atoms with Crippen molar-refractivity contribution in [3.8, 4) is 5.75 Å². The maximum absolute atomic E-state index is 13.3. The predicted molar refractivity (Wildman–Crippen MR) is 104 cm³/mol. The average Bonchev–Trinajstić information content (AvgIpc) is 2.69. The Bertz CT molecular complexity index is 908. The highest BCUT2D eigenvalue weighted by Gasteiger charge is 2.50. The van der Waals surface area contributed by atoms with E-state index in [2.05, 4.69) is 10.3 Å². The minimum atomic E-state index is -1.73. The summed E-state index contributed by atoms with van der Waals surface area (Å²) in [7, 11) is 0. The number of nitrogens with one attached hydrogen (secondary N) is 1. The first kappa shape index (κ1) is 20.1. The van der Waals surface area contributed by atoms with Crippen LogP contribution in [0.1, 0.15) is 32.3 Å². The lowest BCUT2D eigenvalue weighted by Crippen LogP contribution is -2.62. The van der Waals surface area contributed by atoms with Crippen LogP contribution in [0.2, 0.25) is 5.02 Å². The Morgan fingerprint density at radius 2 is 2.18 bits per heavy atom. The van der Waals surface area contributed by atoms with Crippen molar-refractivity contribution in [3.05, 3.63) is 52.9 Å². The molecule has 8 heteroatoms. The number of anilines is 1. The van der Waals surface area contributed by atoms with E-state index in [0.717, 1.165) is 12.8 Å². The minimum absolute atomic E-state index is 0.0336. The van der Waals surface area contributed by atoms with E-state index in [0.29, 0.717) is 23.7 Å². The van der Waals surface area contributed by atoms with Crippen LogP contribution in [0.15, 0.2) is 36.5 Å². The third-order valence-electron chi connectivity index (χ3n) is 4.58. The van der Waals surface area contributed by atoms with Gasteiger partial charge in [-0.3, -0.25) is 14.5 Å². The Morgan fingerprint density at radius 3 is 2.89 bits per heavy atom. The van der Waals surface area contributed by atoms with Crippen LogP contribution >= 0.6 is 11.6 Å². The molecular formula is C20H21ClFN3O3. The molecule has 1 aromatic heterocycles. The first-order valence-electron chi connectivity index (χ1n) is 9.05. The zero-order chi connectivity index (χ0) is 20.3. The summed E-state index contributed by atoms with van der Waals surface area (Å²) in [6, 6.07) is 7.53. The average molecular weight is 406 g/mol. The van der Waals surface area contributed by atoms with E-state index in [1.807, 2.05) is 6.92 Å². The molecule has 0 aliphatic carbocycles. The van der Waals surface area contributed by atoms with Crippen LogP contribution in [0.25, 0.3) is 0 Å². The number of nitrogens with zero attached hydrogens (tertiary/aromatic N) is 2. The molecule has 1 N–H and O–H groups in total. The molecule has 1 aromatic carbocycles. The summed E-state index contributed by atoms with van der Waals surface area (Å²) in [4.78, 5) is 31.7. The van der Waals surface area contributed by atoms with Crippen molar-refractivity contribution in [3.63, 3.8) is 0 Å². The van der Waals surface area contributed by atoms with Crippen molar-refractivity contribution < 1.29 is 18.7 Å². The molecular weight excluding hydrogens is 385 g/mol. The number of benzene rings is 1. The van der Waals surface area contributed by atoms with Gasteiger partial charge in [-0.15, -0.1) is 0 Å². The summed E-state index contributed by atoms with van der Waals surface area (Å²) in [5, 5.41) is 2.65. The highest BCUT2D eigenvalue weighted by molar-refractivity contribution is 6.30. The molecule has 1 atom stereocenters. The van der Waals surface area contributed by atoms with Crippen LogP contribution in [0.3, 0.4) is 0 Å². The van der Waals surface area contributed by atoms with Gasteiger partial charge >= 0.3 is 0 Å². The van der Waals surface area contributed by atoms with E-state index < -0.39 is 23.2 Å². The molecule has 0 bridgehead atoms. The lowest BCUT2D eigenvalue weighted by Gasteiger charge is -2.38. The number of pyridine rings is 1. The molecule has 0 spiro atoms. The number of halogens is 2. The number of fused-ring (bicyclic) bond motifs is 1. The van der Waals surface area contributed by atoms with Crippen LogP contribution < -0.4 is 15.0 Å². The molecule has 2 amide bonds. The second kappa shape index (κ2) is 8.14. The topological polar surface area (TPSA) is 71.5 Å². The van der Waals surface area contributed by atoms with Gasteiger partial charge in [0.05, 0.1) is 5.02 Å². The number of carbonyl (C=O) groups is 2. The quantitative estimate of drug-likeness (QED) is 0.747. The fourth-order valence-electron chi connectivity index (χ4n) is 2.95. The van der Waals surface area contributed by atoms with Gasteiger partial charge < -0.3 is 10.1 Å². The first-order valence-corrected chi connectivity index (χ1v) is 9.43. The van der Waals surface area contributed by atoms with Gasteiger partial charge in [-0.05, 0) is 43.2 Å². The fraction of sp³-hybridized carbons (Fsp3) is 0.350. The van der Waals surface area contributed by atoms with Crippen molar-refractivity contribution in [2.24, 2.45) is 0 Å². The molecule has 1 aliphatic heterocycles. The lowest BCUT2D eigenvalue weighted by atomic mass is 10.0. The summed E-state index contributed by atoms with van der Waals surface area (Å²) in [5.74, 6) is -0.807. The molecule has 1 aliphatic rings. The maximum Gasteiger partial charge on any atom is 0.282 e. The van der Waals surface area contributed by atoms with Crippen molar-refractivity contribution in [2.75, 3.05) is 11.4 Å². The van der Waals surface area contributed by atoms with Gasteiger partial charge in [0.15, 0.2) is 11.6 Å². The molecule has 0 saturated heterocycles. The molecule has 6 nitrogen and oxygen atoms in total. The molecule has 2 aromatic rings. The zero-order valence-electron chi connectivity index (χ0n) is 15.7. The highest BCUT2D eigenvalue weighted by Crippen LogP contribution is 2.36. The van der Waals surface area contributed by atoms with E-state index in [4.69, 9.17) is 16.3 Å².